The lowest BCUT2D eigenvalue weighted by Crippen LogP contribution is -2.16. The van der Waals surface area contributed by atoms with Crippen LogP contribution >= 0.6 is 23.2 Å². The van der Waals surface area contributed by atoms with E-state index in [9.17, 15) is 0 Å². The van der Waals surface area contributed by atoms with Crippen molar-refractivity contribution in [1.29, 1.82) is 0 Å². The van der Waals surface area contributed by atoms with E-state index in [0.29, 0.717) is 28.3 Å². The molecule has 1 aromatic rings. The van der Waals surface area contributed by atoms with Crippen molar-refractivity contribution in [3.8, 4) is 5.75 Å². The van der Waals surface area contributed by atoms with E-state index in [1.807, 2.05) is 6.07 Å². The summed E-state index contributed by atoms with van der Waals surface area (Å²) in [5.74, 6) is 1.91. The Morgan fingerprint density at radius 2 is 2.11 bits per heavy atom. The van der Waals surface area contributed by atoms with Gasteiger partial charge in [-0.05, 0) is 49.9 Å². The van der Waals surface area contributed by atoms with Crippen LogP contribution in [0.25, 0.3) is 0 Å². The third-order valence-electron chi connectivity index (χ3n) is 3.33. The maximum absolute atomic E-state index is 6.06. The van der Waals surface area contributed by atoms with Crippen LogP contribution in [0.3, 0.4) is 0 Å². The van der Waals surface area contributed by atoms with E-state index in [0.717, 1.165) is 19.0 Å². The highest BCUT2D eigenvalue weighted by molar-refractivity contribution is 6.37. The van der Waals surface area contributed by atoms with Gasteiger partial charge in [-0.25, -0.2) is 0 Å². The number of hydrogen-bond acceptors (Lipinski definition) is 2. The first-order valence-electron chi connectivity index (χ1n) is 6.44. The topological polar surface area (TPSA) is 21.3 Å². The molecule has 100 valence electrons. The molecule has 1 fully saturated rings. The lowest BCUT2D eigenvalue weighted by atomic mass is 9.96. The molecule has 1 heterocycles. The lowest BCUT2D eigenvalue weighted by molar-refractivity contribution is 0.235. The number of nitrogens with one attached hydrogen (secondary N) is 1. The Morgan fingerprint density at radius 1 is 1.39 bits per heavy atom. The first-order valence-corrected chi connectivity index (χ1v) is 7.20. The van der Waals surface area contributed by atoms with Gasteiger partial charge in [-0.2, -0.15) is 0 Å². The molecule has 1 N–H and O–H groups in total. The molecule has 2 nitrogen and oxygen atoms in total. The van der Waals surface area contributed by atoms with Crippen LogP contribution in [0, 0.1) is 11.8 Å². The Balaban J connectivity index is 1.83. The Morgan fingerprint density at radius 3 is 2.72 bits per heavy atom. The largest absolute Gasteiger partial charge is 0.490 e. The van der Waals surface area contributed by atoms with E-state index in [4.69, 9.17) is 27.9 Å². The zero-order valence-electron chi connectivity index (χ0n) is 10.6. The van der Waals surface area contributed by atoms with Crippen molar-refractivity contribution >= 4 is 23.2 Å². The van der Waals surface area contributed by atoms with Gasteiger partial charge < -0.3 is 10.1 Å². The summed E-state index contributed by atoms with van der Waals surface area (Å²) < 4.78 is 5.76. The number of para-hydroxylation sites is 1. The molecule has 1 aliphatic rings. The van der Waals surface area contributed by atoms with Gasteiger partial charge in [0.2, 0.25) is 0 Å². The van der Waals surface area contributed by atoms with E-state index in [-0.39, 0.29) is 0 Å². The minimum Gasteiger partial charge on any atom is -0.490 e. The average Bonchev–Trinajstić information content (AvgIpc) is 2.81. The van der Waals surface area contributed by atoms with Gasteiger partial charge in [-0.15, -0.1) is 0 Å². The minimum absolute atomic E-state index is 0.516. The van der Waals surface area contributed by atoms with Crippen LogP contribution < -0.4 is 10.1 Å². The molecule has 2 rings (SSSR count). The van der Waals surface area contributed by atoms with Crippen LogP contribution in [-0.4, -0.2) is 19.7 Å². The van der Waals surface area contributed by atoms with E-state index < -0.39 is 0 Å². The number of halogens is 2. The van der Waals surface area contributed by atoms with Crippen molar-refractivity contribution in [2.45, 2.75) is 19.8 Å². The zero-order valence-corrected chi connectivity index (χ0v) is 12.1. The van der Waals surface area contributed by atoms with Gasteiger partial charge in [0, 0.05) is 0 Å². The summed E-state index contributed by atoms with van der Waals surface area (Å²) in [7, 11) is 0. The molecule has 0 aromatic heterocycles. The molecule has 1 saturated heterocycles. The van der Waals surface area contributed by atoms with Gasteiger partial charge in [-0.1, -0.05) is 36.2 Å². The standard InChI is InChI=1S/C14H19Cl2NO/c1-10(7-11-5-6-17-8-11)9-18-14-12(15)3-2-4-13(14)16/h2-4,10-11,17H,5-9H2,1H3. The van der Waals surface area contributed by atoms with E-state index in [2.05, 4.69) is 12.2 Å². The number of ether oxygens (including phenoxy) is 1. The predicted molar refractivity (Wildman–Crippen MR) is 76.7 cm³/mol. The quantitative estimate of drug-likeness (QED) is 0.884. The first-order chi connectivity index (χ1) is 8.66. The van der Waals surface area contributed by atoms with Gasteiger partial charge >= 0.3 is 0 Å². The third kappa shape index (κ3) is 3.78. The maximum Gasteiger partial charge on any atom is 0.156 e. The molecule has 2 unspecified atom stereocenters. The van der Waals surface area contributed by atoms with Crippen molar-refractivity contribution in [1.82, 2.24) is 5.32 Å². The fourth-order valence-electron chi connectivity index (χ4n) is 2.40. The molecular weight excluding hydrogens is 269 g/mol. The summed E-state index contributed by atoms with van der Waals surface area (Å²) in [5.41, 5.74) is 0. The summed E-state index contributed by atoms with van der Waals surface area (Å²) in [6.45, 7) is 5.16. The van der Waals surface area contributed by atoms with Crippen LogP contribution in [0.2, 0.25) is 10.0 Å². The molecule has 2 atom stereocenters. The van der Waals surface area contributed by atoms with E-state index in [1.165, 1.54) is 12.8 Å². The molecule has 18 heavy (non-hydrogen) atoms. The average molecular weight is 288 g/mol. The highest BCUT2D eigenvalue weighted by atomic mass is 35.5. The van der Waals surface area contributed by atoms with Crippen LogP contribution in [-0.2, 0) is 0 Å². The fraction of sp³-hybridized carbons (Fsp3) is 0.571. The van der Waals surface area contributed by atoms with Crippen LogP contribution in [0.1, 0.15) is 19.8 Å². The smallest absolute Gasteiger partial charge is 0.156 e. The second-order valence-corrected chi connectivity index (χ2v) is 5.88. The second kappa shape index (κ2) is 6.65. The molecule has 0 bridgehead atoms. The second-order valence-electron chi connectivity index (χ2n) is 5.06. The maximum atomic E-state index is 6.06. The van der Waals surface area contributed by atoms with Crippen molar-refractivity contribution < 1.29 is 4.74 Å². The first kappa shape index (κ1) is 14.0. The van der Waals surface area contributed by atoms with E-state index >= 15 is 0 Å². The van der Waals surface area contributed by atoms with Crippen molar-refractivity contribution in [3.63, 3.8) is 0 Å². The number of rotatable bonds is 5. The van der Waals surface area contributed by atoms with Crippen molar-refractivity contribution in [2.24, 2.45) is 11.8 Å². The fourth-order valence-corrected chi connectivity index (χ4v) is 2.91. The predicted octanol–water partition coefficient (Wildman–Crippen LogP) is 4.01. The SMILES string of the molecule is CC(COc1c(Cl)cccc1Cl)CC1CCNC1. The summed E-state index contributed by atoms with van der Waals surface area (Å²) >= 11 is 12.1. The number of hydrogen-bond donors (Lipinski definition) is 1. The highest BCUT2D eigenvalue weighted by Gasteiger charge is 2.18. The molecule has 0 aliphatic carbocycles. The minimum atomic E-state index is 0.516. The Hall–Kier alpha value is -0.440. The Kier molecular flexibility index (Phi) is 5.16. The molecule has 1 aliphatic heterocycles. The summed E-state index contributed by atoms with van der Waals surface area (Å²) in [4.78, 5) is 0. The molecule has 4 heteroatoms. The molecular formula is C14H19Cl2NO. The van der Waals surface area contributed by atoms with Crippen LogP contribution in [0.4, 0.5) is 0 Å². The Bertz CT molecular complexity index is 371. The monoisotopic (exact) mass is 287 g/mol. The van der Waals surface area contributed by atoms with E-state index in [1.54, 1.807) is 12.1 Å². The molecule has 0 saturated carbocycles. The molecule has 0 amide bonds. The number of benzene rings is 1. The summed E-state index contributed by atoms with van der Waals surface area (Å²) in [6.07, 6.45) is 2.46. The van der Waals surface area contributed by atoms with Gasteiger partial charge in [0.05, 0.1) is 16.7 Å². The summed E-state index contributed by atoms with van der Waals surface area (Å²) in [5, 5.41) is 4.55. The zero-order chi connectivity index (χ0) is 13.0. The molecule has 0 spiro atoms. The highest BCUT2D eigenvalue weighted by Crippen LogP contribution is 2.33. The lowest BCUT2D eigenvalue weighted by Gasteiger charge is -2.17. The third-order valence-corrected chi connectivity index (χ3v) is 3.92. The van der Waals surface area contributed by atoms with Gasteiger partial charge in [0.1, 0.15) is 0 Å². The van der Waals surface area contributed by atoms with Gasteiger partial charge in [0.15, 0.2) is 5.75 Å². The van der Waals surface area contributed by atoms with Crippen molar-refractivity contribution in [2.75, 3.05) is 19.7 Å². The van der Waals surface area contributed by atoms with Crippen LogP contribution in [0.15, 0.2) is 18.2 Å². The van der Waals surface area contributed by atoms with Crippen molar-refractivity contribution in [3.05, 3.63) is 28.2 Å². The van der Waals surface area contributed by atoms with Gasteiger partial charge in [-0.3, -0.25) is 0 Å². The normalized spacial score (nSPS) is 20.9. The Labute approximate surface area is 119 Å². The molecule has 1 aromatic carbocycles. The summed E-state index contributed by atoms with van der Waals surface area (Å²) in [6, 6.07) is 5.42. The van der Waals surface area contributed by atoms with Gasteiger partial charge in [0.25, 0.3) is 0 Å². The molecule has 0 radical (unpaired) electrons. The van der Waals surface area contributed by atoms with Crippen LogP contribution in [0.5, 0.6) is 5.75 Å².